The summed E-state index contributed by atoms with van der Waals surface area (Å²) in [7, 11) is 5.32. The summed E-state index contributed by atoms with van der Waals surface area (Å²) in [5.74, 6) is 0.320. The minimum atomic E-state index is -0.0548. The Labute approximate surface area is 125 Å². The first-order valence-corrected chi connectivity index (χ1v) is 7.38. The third-order valence-corrected chi connectivity index (χ3v) is 4.40. The number of phenolic OH excluding ortho intramolecular Hbond substituents is 1. The highest BCUT2D eigenvalue weighted by molar-refractivity contribution is 5.95. The number of hydrogen-bond acceptors (Lipinski definition) is 4. The summed E-state index contributed by atoms with van der Waals surface area (Å²) in [5, 5.41) is 13.1. The van der Waals surface area contributed by atoms with Crippen LogP contribution in [0, 0.1) is 0 Å². The first kappa shape index (κ1) is 15.6. The van der Waals surface area contributed by atoms with Gasteiger partial charge < -0.3 is 20.1 Å². The van der Waals surface area contributed by atoms with E-state index >= 15 is 0 Å². The summed E-state index contributed by atoms with van der Waals surface area (Å²) >= 11 is 0. The Morgan fingerprint density at radius 2 is 2.00 bits per heavy atom. The molecule has 116 valence electrons. The van der Waals surface area contributed by atoms with Gasteiger partial charge in [0, 0.05) is 24.7 Å². The number of carbonyl (C=O) groups excluding carboxylic acids is 1. The lowest BCUT2D eigenvalue weighted by atomic mass is 9.90. The van der Waals surface area contributed by atoms with Crippen molar-refractivity contribution < 1.29 is 14.6 Å². The maximum absolute atomic E-state index is 12.5. The molecule has 1 aromatic carbocycles. The van der Waals surface area contributed by atoms with Crippen molar-refractivity contribution in [3.63, 3.8) is 0 Å². The zero-order chi connectivity index (χ0) is 15.4. The fraction of sp³-hybridized carbons (Fsp3) is 0.562. The molecule has 0 radical (unpaired) electrons. The fourth-order valence-electron chi connectivity index (χ4n) is 2.94. The molecule has 0 spiro atoms. The van der Waals surface area contributed by atoms with Crippen LogP contribution in [0.25, 0.3) is 0 Å². The summed E-state index contributed by atoms with van der Waals surface area (Å²) < 4.78 is 5.00. The lowest BCUT2D eigenvalue weighted by molar-refractivity contribution is 0.0685. The van der Waals surface area contributed by atoms with Crippen molar-refractivity contribution in [2.24, 2.45) is 0 Å². The quantitative estimate of drug-likeness (QED) is 0.891. The first-order valence-electron chi connectivity index (χ1n) is 7.38. The summed E-state index contributed by atoms with van der Waals surface area (Å²) in [4.78, 5) is 14.3. The molecule has 1 amide bonds. The molecule has 0 aromatic heterocycles. The lowest BCUT2D eigenvalue weighted by Crippen LogP contribution is -2.42. The smallest absolute Gasteiger partial charge is 0.253 e. The average molecular weight is 292 g/mol. The number of nitrogens with one attached hydrogen (secondary N) is 1. The molecular formula is C16H24N2O3. The standard InChI is InChI=1S/C16H24N2O3/c1-17-12-5-7-13(8-6-12)18(2)16(20)11-4-9-15(21-3)14(19)10-11/h4,9-10,12-13,17,19H,5-8H2,1-3H3. The summed E-state index contributed by atoms with van der Waals surface area (Å²) in [6.07, 6.45) is 4.20. The highest BCUT2D eigenvalue weighted by atomic mass is 16.5. The van der Waals surface area contributed by atoms with E-state index in [2.05, 4.69) is 5.32 Å². The molecule has 2 N–H and O–H groups in total. The van der Waals surface area contributed by atoms with Gasteiger partial charge in [-0.2, -0.15) is 0 Å². The molecular weight excluding hydrogens is 268 g/mol. The first-order chi connectivity index (χ1) is 10.1. The highest BCUT2D eigenvalue weighted by Crippen LogP contribution is 2.28. The van der Waals surface area contributed by atoms with E-state index in [-0.39, 0.29) is 17.7 Å². The van der Waals surface area contributed by atoms with Gasteiger partial charge >= 0.3 is 0 Å². The summed E-state index contributed by atoms with van der Waals surface area (Å²) in [6, 6.07) is 5.61. The van der Waals surface area contributed by atoms with Gasteiger partial charge in [0.05, 0.1) is 7.11 Å². The highest BCUT2D eigenvalue weighted by Gasteiger charge is 2.26. The van der Waals surface area contributed by atoms with Crippen LogP contribution < -0.4 is 10.1 Å². The lowest BCUT2D eigenvalue weighted by Gasteiger charge is -2.34. The predicted molar refractivity (Wildman–Crippen MR) is 81.9 cm³/mol. The topological polar surface area (TPSA) is 61.8 Å². The van der Waals surface area contributed by atoms with Crippen LogP contribution >= 0.6 is 0 Å². The number of amides is 1. The Bertz CT molecular complexity index is 496. The molecule has 21 heavy (non-hydrogen) atoms. The van der Waals surface area contributed by atoms with E-state index in [4.69, 9.17) is 4.74 Å². The van der Waals surface area contributed by atoms with Crippen LogP contribution in [-0.2, 0) is 0 Å². The number of phenols is 1. The number of ether oxygens (including phenoxy) is 1. The zero-order valence-electron chi connectivity index (χ0n) is 12.9. The SMILES string of the molecule is CNC1CCC(N(C)C(=O)c2ccc(OC)c(O)c2)CC1. The minimum Gasteiger partial charge on any atom is -0.504 e. The largest absolute Gasteiger partial charge is 0.504 e. The molecule has 0 heterocycles. The van der Waals surface area contributed by atoms with Crippen molar-refractivity contribution >= 4 is 5.91 Å². The van der Waals surface area contributed by atoms with Gasteiger partial charge in [0.1, 0.15) is 0 Å². The number of nitrogens with zero attached hydrogens (tertiary/aromatic N) is 1. The number of rotatable bonds is 4. The van der Waals surface area contributed by atoms with E-state index in [9.17, 15) is 9.90 Å². The van der Waals surface area contributed by atoms with Gasteiger partial charge in [-0.3, -0.25) is 4.79 Å². The van der Waals surface area contributed by atoms with Gasteiger partial charge in [-0.25, -0.2) is 0 Å². The Balaban J connectivity index is 2.04. The average Bonchev–Trinajstić information content (AvgIpc) is 2.53. The molecule has 0 atom stereocenters. The van der Waals surface area contributed by atoms with Gasteiger partial charge in [-0.15, -0.1) is 0 Å². The monoisotopic (exact) mass is 292 g/mol. The van der Waals surface area contributed by atoms with Crippen molar-refractivity contribution in [3.05, 3.63) is 23.8 Å². The Kier molecular flexibility index (Phi) is 5.07. The second-order valence-electron chi connectivity index (χ2n) is 5.60. The Morgan fingerprint density at radius 1 is 1.33 bits per heavy atom. The van der Waals surface area contributed by atoms with Crippen LogP contribution in [0.2, 0.25) is 0 Å². The third-order valence-electron chi connectivity index (χ3n) is 4.40. The fourth-order valence-corrected chi connectivity index (χ4v) is 2.94. The molecule has 1 saturated carbocycles. The molecule has 5 heteroatoms. The van der Waals surface area contributed by atoms with Gasteiger partial charge in [0.15, 0.2) is 11.5 Å². The molecule has 1 fully saturated rings. The molecule has 0 unspecified atom stereocenters. The van der Waals surface area contributed by atoms with Crippen LogP contribution in [0.3, 0.4) is 0 Å². The second kappa shape index (κ2) is 6.80. The zero-order valence-corrected chi connectivity index (χ0v) is 12.9. The summed E-state index contributed by atoms with van der Waals surface area (Å²) in [6.45, 7) is 0. The van der Waals surface area contributed by atoms with E-state index in [0.717, 1.165) is 25.7 Å². The van der Waals surface area contributed by atoms with Crippen molar-refractivity contribution in [1.29, 1.82) is 0 Å². The van der Waals surface area contributed by atoms with Gasteiger partial charge in [0.25, 0.3) is 5.91 Å². The third kappa shape index (κ3) is 3.47. The Morgan fingerprint density at radius 3 is 2.52 bits per heavy atom. The van der Waals surface area contributed by atoms with Gasteiger partial charge in [-0.05, 0) is 50.9 Å². The number of aromatic hydroxyl groups is 1. The van der Waals surface area contributed by atoms with Crippen molar-refractivity contribution in [2.45, 2.75) is 37.8 Å². The maximum Gasteiger partial charge on any atom is 0.253 e. The van der Waals surface area contributed by atoms with Gasteiger partial charge in [-0.1, -0.05) is 0 Å². The van der Waals surface area contributed by atoms with E-state index in [1.807, 2.05) is 14.1 Å². The van der Waals surface area contributed by atoms with Crippen LogP contribution in [0.5, 0.6) is 11.5 Å². The minimum absolute atomic E-state index is 0.00404. The molecule has 1 aromatic rings. The predicted octanol–water partition coefficient (Wildman–Crippen LogP) is 2.00. The van der Waals surface area contributed by atoms with Crippen molar-refractivity contribution in [3.8, 4) is 11.5 Å². The molecule has 1 aliphatic rings. The van der Waals surface area contributed by atoms with E-state index in [1.54, 1.807) is 17.0 Å². The normalized spacial score (nSPS) is 21.9. The molecule has 0 bridgehead atoms. The number of benzene rings is 1. The maximum atomic E-state index is 12.5. The van der Waals surface area contributed by atoms with E-state index in [0.29, 0.717) is 17.4 Å². The number of methoxy groups -OCH3 is 1. The molecule has 1 aliphatic carbocycles. The van der Waals surface area contributed by atoms with Crippen LogP contribution in [-0.4, -0.2) is 49.2 Å². The molecule has 0 aliphatic heterocycles. The van der Waals surface area contributed by atoms with Crippen molar-refractivity contribution in [2.75, 3.05) is 21.2 Å². The number of hydrogen-bond donors (Lipinski definition) is 2. The van der Waals surface area contributed by atoms with Crippen LogP contribution in [0.1, 0.15) is 36.0 Å². The molecule has 2 rings (SSSR count). The van der Waals surface area contributed by atoms with E-state index in [1.165, 1.54) is 13.2 Å². The van der Waals surface area contributed by atoms with Gasteiger partial charge in [0.2, 0.25) is 0 Å². The van der Waals surface area contributed by atoms with Crippen LogP contribution in [0.15, 0.2) is 18.2 Å². The molecule has 5 nitrogen and oxygen atoms in total. The number of carbonyl (C=O) groups is 1. The molecule has 0 saturated heterocycles. The van der Waals surface area contributed by atoms with E-state index < -0.39 is 0 Å². The van der Waals surface area contributed by atoms with Crippen molar-refractivity contribution in [1.82, 2.24) is 10.2 Å². The second-order valence-corrected chi connectivity index (χ2v) is 5.60. The van der Waals surface area contributed by atoms with Crippen LogP contribution in [0.4, 0.5) is 0 Å². The summed E-state index contributed by atoms with van der Waals surface area (Å²) in [5.41, 5.74) is 0.492. The Hall–Kier alpha value is -1.75.